The van der Waals surface area contributed by atoms with Gasteiger partial charge in [0.25, 0.3) is 0 Å². The summed E-state index contributed by atoms with van der Waals surface area (Å²) in [7, 11) is 0. The molecule has 1 heterocycles. The first-order valence-electron chi connectivity index (χ1n) is 6.93. The molecule has 1 rings (SSSR count). The maximum absolute atomic E-state index is 6.04. The van der Waals surface area contributed by atoms with Gasteiger partial charge in [0.05, 0.1) is 0 Å². The molecule has 1 atom stereocenters. The van der Waals surface area contributed by atoms with E-state index in [4.69, 9.17) is 5.73 Å². The highest BCUT2D eigenvalue weighted by molar-refractivity contribution is 14.0. The molecule has 0 amide bonds. The summed E-state index contributed by atoms with van der Waals surface area (Å²) in [6, 6.07) is 0. The highest BCUT2D eigenvalue weighted by atomic mass is 127. The fourth-order valence-electron chi connectivity index (χ4n) is 2.30. The highest BCUT2D eigenvalue weighted by Gasteiger charge is 2.17. The topological polar surface area (TPSA) is 41.6 Å². The summed E-state index contributed by atoms with van der Waals surface area (Å²) in [5.41, 5.74) is 6.44. The van der Waals surface area contributed by atoms with E-state index in [0.29, 0.717) is 5.41 Å². The van der Waals surface area contributed by atoms with Gasteiger partial charge in [0, 0.05) is 19.6 Å². The second-order valence-electron chi connectivity index (χ2n) is 6.60. The van der Waals surface area contributed by atoms with Gasteiger partial charge >= 0.3 is 0 Å². The van der Waals surface area contributed by atoms with Crippen molar-refractivity contribution in [2.45, 2.75) is 53.4 Å². The summed E-state index contributed by atoms with van der Waals surface area (Å²) < 4.78 is 0. The molecular formula is C14H30IN3. The Labute approximate surface area is 130 Å². The number of rotatable bonds is 3. The lowest BCUT2D eigenvalue weighted by Gasteiger charge is -2.31. The molecule has 0 spiro atoms. The first-order chi connectivity index (χ1) is 7.88. The Balaban J connectivity index is 0.00000289. The lowest BCUT2D eigenvalue weighted by atomic mass is 9.91. The van der Waals surface area contributed by atoms with Crippen molar-refractivity contribution in [3.05, 3.63) is 0 Å². The van der Waals surface area contributed by atoms with Gasteiger partial charge in [-0.05, 0) is 37.0 Å². The summed E-state index contributed by atoms with van der Waals surface area (Å²) in [6.45, 7) is 12.1. The molecule has 4 heteroatoms. The molecule has 2 N–H and O–H groups in total. The third-order valence-electron chi connectivity index (χ3n) is 3.34. The van der Waals surface area contributed by atoms with Gasteiger partial charge in [0.2, 0.25) is 0 Å². The lowest BCUT2D eigenvalue weighted by Crippen LogP contribution is -2.43. The summed E-state index contributed by atoms with van der Waals surface area (Å²) in [4.78, 5) is 6.75. The van der Waals surface area contributed by atoms with E-state index >= 15 is 0 Å². The molecule has 0 aromatic carbocycles. The molecule has 1 aliphatic rings. The molecule has 0 aliphatic carbocycles. The van der Waals surface area contributed by atoms with Crippen LogP contribution in [0.2, 0.25) is 0 Å². The molecule has 0 bridgehead atoms. The van der Waals surface area contributed by atoms with Crippen LogP contribution in [0.4, 0.5) is 0 Å². The zero-order chi connectivity index (χ0) is 12.9. The van der Waals surface area contributed by atoms with E-state index in [9.17, 15) is 0 Å². The van der Waals surface area contributed by atoms with Crippen LogP contribution in [0.3, 0.4) is 0 Å². The number of halogens is 1. The van der Waals surface area contributed by atoms with Gasteiger partial charge in [-0.1, -0.05) is 27.7 Å². The molecule has 0 radical (unpaired) electrons. The number of nitrogens with zero attached hydrogens (tertiary/aromatic N) is 2. The van der Waals surface area contributed by atoms with Crippen LogP contribution in [0, 0.1) is 11.3 Å². The van der Waals surface area contributed by atoms with Gasteiger partial charge in [-0.25, -0.2) is 0 Å². The number of aliphatic imine (C=N–C) groups is 1. The SMILES string of the molecule is CC1CCCN(C(N)=NCCCC(C)(C)C)C1.I. The number of guanidine groups is 1. The molecule has 0 aromatic rings. The minimum atomic E-state index is 0. The molecule has 108 valence electrons. The fourth-order valence-corrected chi connectivity index (χ4v) is 2.30. The zero-order valence-electron chi connectivity index (χ0n) is 12.4. The average molecular weight is 367 g/mol. The highest BCUT2D eigenvalue weighted by Crippen LogP contribution is 2.20. The smallest absolute Gasteiger partial charge is 0.191 e. The number of nitrogens with two attached hydrogens (primary N) is 1. The van der Waals surface area contributed by atoms with Crippen LogP contribution in [0.15, 0.2) is 4.99 Å². The van der Waals surface area contributed by atoms with Crippen molar-refractivity contribution in [1.82, 2.24) is 4.90 Å². The van der Waals surface area contributed by atoms with Crippen LogP contribution in [0.5, 0.6) is 0 Å². The van der Waals surface area contributed by atoms with Gasteiger partial charge in [0.15, 0.2) is 5.96 Å². The van der Waals surface area contributed by atoms with Crippen LogP contribution >= 0.6 is 24.0 Å². The predicted molar refractivity (Wildman–Crippen MR) is 90.6 cm³/mol. The van der Waals surface area contributed by atoms with Crippen molar-refractivity contribution in [3.8, 4) is 0 Å². The van der Waals surface area contributed by atoms with Gasteiger partial charge in [-0.3, -0.25) is 4.99 Å². The first-order valence-corrected chi connectivity index (χ1v) is 6.93. The van der Waals surface area contributed by atoms with Gasteiger partial charge in [-0.2, -0.15) is 0 Å². The Morgan fingerprint density at radius 1 is 1.39 bits per heavy atom. The standard InChI is InChI=1S/C14H29N3.HI/c1-12-7-5-10-17(11-12)13(15)16-9-6-8-14(2,3)4;/h12H,5-11H2,1-4H3,(H2,15,16);1H. The average Bonchev–Trinajstić information content (AvgIpc) is 2.23. The second kappa shape index (κ2) is 8.23. The van der Waals surface area contributed by atoms with E-state index in [2.05, 4.69) is 37.6 Å². The Morgan fingerprint density at radius 2 is 2.06 bits per heavy atom. The van der Waals surface area contributed by atoms with E-state index in [1.165, 1.54) is 19.3 Å². The molecule has 0 aromatic heterocycles. The Kier molecular flexibility index (Phi) is 8.23. The minimum Gasteiger partial charge on any atom is -0.370 e. The largest absolute Gasteiger partial charge is 0.370 e. The Hall–Kier alpha value is 0. The number of piperidine rings is 1. The molecule has 0 saturated carbocycles. The number of hydrogen-bond acceptors (Lipinski definition) is 1. The summed E-state index contributed by atoms with van der Waals surface area (Å²) >= 11 is 0. The number of likely N-dealkylation sites (tertiary alicyclic amines) is 1. The van der Waals surface area contributed by atoms with Crippen LogP contribution < -0.4 is 5.73 Å². The zero-order valence-corrected chi connectivity index (χ0v) is 14.7. The van der Waals surface area contributed by atoms with Crippen molar-refractivity contribution >= 4 is 29.9 Å². The molecule has 1 fully saturated rings. The number of hydrogen-bond donors (Lipinski definition) is 1. The maximum atomic E-state index is 6.04. The molecular weight excluding hydrogens is 337 g/mol. The van der Waals surface area contributed by atoms with E-state index in [0.717, 1.165) is 37.9 Å². The van der Waals surface area contributed by atoms with Gasteiger partial charge in [-0.15, -0.1) is 24.0 Å². The second-order valence-corrected chi connectivity index (χ2v) is 6.60. The van der Waals surface area contributed by atoms with E-state index in [-0.39, 0.29) is 24.0 Å². The minimum absolute atomic E-state index is 0. The van der Waals surface area contributed by atoms with Crippen molar-refractivity contribution in [2.24, 2.45) is 22.1 Å². The fraction of sp³-hybridized carbons (Fsp3) is 0.929. The summed E-state index contributed by atoms with van der Waals surface area (Å²) in [5.74, 6) is 1.51. The van der Waals surface area contributed by atoms with Crippen LogP contribution in [0.1, 0.15) is 53.4 Å². The van der Waals surface area contributed by atoms with Crippen molar-refractivity contribution in [2.75, 3.05) is 19.6 Å². The van der Waals surface area contributed by atoms with E-state index < -0.39 is 0 Å². The monoisotopic (exact) mass is 367 g/mol. The van der Waals surface area contributed by atoms with Crippen LogP contribution in [-0.4, -0.2) is 30.5 Å². The third kappa shape index (κ3) is 7.44. The summed E-state index contributed by atoms with van der Waals surface area (Å²) in [6.07, 6.45) is 4.92. The van der Waals surface area contributed by atoms with Crippen LogP contribution in [-0.2, 0) is 0 Å². The van der Waals surface area contributed by atoms with Crippen molar-refractivity contribution in [3.63, 3.8) is 0 Å². The predicted octanol–water partition coefficient (Wildman–Crippen LogP) is 3.48. The first kappa shape index (κ1) is 18.0. The van der Waals surface area contributed by atoms with E-state index in [1.54, 1.807) is 0 Å². The van der Waals surface area contributed by atoms with Gasteiger partial charge in [0.1, 0.15) is 0 Å². The van der Waals surface area contributed by atoms with Crippen LogP contribution in [0.25, 0.3) is 0 Å². The molecule has 1 aliphatic heterocycles. The van der Waals surface area contributed by atoms with Gasteiger partial charge < -0.3 is 10.6 Å². The third-order valence-corrected chi connectivity index (χ3v) is 3.34. The van der Waals surface area contributed by atoms with E-state index in [1.807, 2.05) is 0 Å². The summed E-state index contributed by atoms with van der Waals surface area (Å²) in [5, 5.41) is 0. The van der Waals surface area contributed by atoms with Crippen molar-refractivity contribution < 1.29 is 0 Å². The Morgan fingerprint density at radius 3 is 2.61 bits per heavy atom. The normalized spacial score (nSPS) is 21.7. The Bertz CT molecular complexity index is 258. The lowest BCUT2D eigenvalue weighted by molar-refractivity contribution is 0.270. The molecule has 1 saturated heterocycles. The maximum Gasteiger partial charge on any atom is 0.191 e. The molecule has 1 unspecified atom stereocenters. The molecule has 18 heavy (non-hydrogen) atoms. The molecule has 3 nitrogen and oxygen atoms in total. The quantitative estimate of drug-likeness (QED) is 0.359. The van der Waals surface area contributed by atoms with Crippen molar-refractivity contribution in [1.29, 1.82) is 0 Å².